The largest absolute Gasteiger partial charge is 0.378 e. The van der Waals surface area contributed by atoms with E-state index in [2.05, 4.69) is 4.72 Å². The summed E-state index contributed by atoms with van der Waals surface area (Å²) in [5.74, 6) is -0.314. The zero-order valence-electron chi connectivity index (χ0n) is 12.0. The molecule has 3 N–H and O–H groups in total. The molecule has 0 saturated carbocycles. The highest BCUT2D eigenvalue weighted by molar-refractivity contribution is 7.89. The van der Waals surface area contributed by atoms with Gasteiger partial charge in [-0.2, -0.15) is 0 Å². The molecule has 1 fully saturated rings. The lowest BCUT2D eigenvalue weighted by atomic mass is 10.0. The van der Waals surface area contributed by atoms with Gasteiger partial charge in [0.2, 0.25) is 10.0 Å². The predicted molar refractivity (Wildman–Crippen MR) is 77.6 cm³/mol. The molecule has 0 amide bonds. The van der Waals surface area contributed by atoms with E-state index in [1.54, 1.807) is 0 Å². The molecule has 0 bridgehead atoms. The van der Waals surface area contributed by atoms with Gasteiger partial charge in [0.15, 0.2) is 0 Å². The normalized spacial score (nSPS) is 22.6. The summed E-state index contributed by atoms with van der Waals surface area (Å²) >= 11 is 0. The Bertz CT molecular complexity index is 592. The molecule has 118 valence electrons. The highest BCUT2D eigenvalue weighted by Gasteiger charge is 2.28. The van der Waals surface area contributed by atoms with Crippen molar-refractivity contribution in [1.29, 1.82) is 0 Å². The maximum Gasteiger partial charge on any atom is 0.240 e. The highest BCUT2D eigenvalue weighted by Crippen LogP contribution is 2.23. The minimum absolute atomic E-state index is 0.0381. The Morgan fingerprint density at radius 1 is 1.48 bits per heavy atom. The molecule has 2 atom stereocenters. The van der Waals surface area contributed by atoms with E-state index >= 15 is 0 Å². The van der Waals surface area contributed by atoms with Crippen molar-refractivity contribution in [2.24, 2.45) is 11.7 Å². The zero-order valence-corrected chi connectivity index (χ0v) is 12.8. The molecule has 0 aromatic heterocycles. The molecule has 1 aromatic carbocycles. The van der Waals surface area contributed by atoms with Crippen molar-refractivity contribution < 1.29 is 17.5 Å². The van der Waals surface area contributed by atoms with Gasteiger partial charge in [-0.1, -0.05) is 6.92 Å². The summed E-state index contributed by atoms with van der Waals surface area (Å²) in [7, 11) is -3.66. The second kappa shape index (κ2) is 6.83. The molecule has 0 aliphatic carbocycles. The summed E-state index contributed by atoms with van der Waals surface area (Å²) in [6.45, 7) is 2.98. The van der Waals surface area contributed by atoms with Crippen LogP contribution in [-0.4, -0.2) is 27.7 Å². The van der Waals surface area contributed by atoms with Crippen molar-refractivity contribution >= 4 is 10.0 Å². The van der Waals surface area contributed by atoms with Gasteiger partial charge in [0, 0.05) is 31.2 Å². The summed E-state index contributed by atoms with van der Waals surface area (Å²) in [4.78, 5) is 0.0383. The molecule has 0 spiro atoms. The van der Waals surface area contributed by atoms with Gasteiger partial charge < -0.3 is 10.5 Å². The minimum Gasteiger partial charge on any atom is -0.378 e. The van der Waals surface area contributed by atoms with E-state index < -0.39 is 15.8 Å². The van der Waals surface area contributed by atoms with E-state index in [1.165, 1.54) is 12.1 Å². The first-order valence-corrected chi connectivity index (χ1v) is 8.56. The van der Waals surface area contributed by atoms with Crippen LogP contribution >= 0.6 is 0 Å². The van der Waals surface area contributed by atoms with Crippen molar-refractivity contribution in [3.05, 3.63) is 29.6 Å². The smallest absolute Gasteiger partial charge is 0.240 e. The van der Waals surface area contributed by atoms with Crippen molar-refractivity contribution in [1.82, 2.24) is 4.72 Å². The van der Waals surface area contributed by atoms with Gasteiger partial charge in [0.1, 0.15) is 5.82 Å². The molecule has 1 aromatic rings. The second-order valence-electron chi connectivity index (χ2n) is 5.18. The average Bonchev–Trinajstić information content (AvgIpc) is 2.93. The van der Waals surface area contributed by atoms with Crippen molar-refractivity contribution in [3.63, 3.8) is 0 Å². The van der Waals surface area contributed by atoms with E-state index in [4.69, 9.17) is 10.5 Å². The minimum atomic E-state index is -3.66. The Morgan fingerprint density at radius 3 is 2.90 bits per heavy atom. The molecule has 5 nitrogen and oxygen atoms in total. The first-order chi connectivity index (χ1) is 9.97. The van der Waals surface area contributed by atoms with Crippen LogP contribution < -0.4 is 10.5 Å². The number of hydrogen-bond acceptors (Lipinski definition) is 4. The van der Waals surface area contributed by atoms with Gasteiger partial charge in [-0.15, -0.1) is 0 Å². The van der Waals surface area contributed by atoms with E-state index in [0.29, 0.717) is 13.2 Å². The molecule has 2 unspecified atom stereocenters. The van der Waals surface area contributed by atoms with Crippen LogP contribution in [0.5, 0.6) is 0 Å². The number of nitrogens with two attached hydrogens (primary N) is 1. The molecule has 1 aliphatic heterocycles. The van der Waals surface area contributed by atoms with E-state index in [9.17, 15) is 12.8 Å². The highest BCUT2D eigenvalue weighted by atomic mass is 32.2. The molecular weight excluding hydrogens is 295 g/mol. The van der Waals surface area contributed by atoms with Gasteiger partial charge in [-0.3, -0.25) is 0 Å². The Hall–Kier alpha value is -1.02. The lowest BCUT2D eigenvalue weighted by Gasteiger charge is -2.17. The Labute approximate surface area is 124 Å². The maximum atomic E-state index is 13.4. The summed E-state index contributed by atoms with van der Waals surface area (Å²) in [6, 6.07) is 3.66. The topological polar surface area (TPSA) is 81.4 Å². The summed E-state index contributed by atoms with van der Waals surface area (Å²) < 4.78 is 46.0. The van der Waals surface area contributed by atoms with Gasteiger partial charge in [-0.05, 0) is 31.0 Å². The van der Waals surface area contributed by atoms with E-state index in [1.807, 2.05) is 6.92 Å². The van der Waals surface area contributed by atoms with Crippen molar-refractivity contribution in [2.75, 3.05) is 13.2 Å². The lowest BCUT2D eigenvalue weighted by molar-refractivity contribution is 0.0884. The molecule has 1 heterocycles. The zero-order chi connectivity index (χ0) is 15.5. The summed E-state index contributed by atoms with van der Waals surface area (Å²) in [6.07, 6.45) is 1.80. The van der Waals surface area contributed by atoms with Crippen LogP contribution in [0.2, 0.25) is 0 Å². The molecule has 2 rings (SSSR count). The van der Waals surface area contributed by atoms with Gasteiger partial charge >= 0.3 is 0 Å². The molecule has 1 saturated heterocycles. The number of nitrogens with one attached hydrogen (secondary N) is 1. The Balaban J connectivity index is 2.08. The third-order valence-corrected chi connectivity index (χ3v) is 5.25. The molecular formula is C14H21FN2O3S. The van der Waals surface area contributed by atoms with Crippen LogP contribution in [0.4, 0.5) is 4.39 Å². The van der Waals surface area contributed by atoms with Crippen LogP contribution in [0.3, 0.4) is 0 Å². The molecule has 0 radical (unpaired) electrons. The van der Waals surface area contributed by atoms with Crippen molar-refractivity contribution in [3.8, 4) is 0 Å². The number of sulfonamides is 1. The summed E-state index contributed by atoms with van der Waals surface area (Å²) in [5, 5.41) is 0. The Morgan fingerprint density at radius 2 is 2.24 bits per heavy atom. The van der Waals surface area contributed by atoms with E-state index in [0.717, 1.165) is 18.9 Å². The van der Waals surface area contributed by atoms with Crippen LogP contribution in [-0.2, 0) is 21.3 Å². The molecule has 7 heteroatoms. The first-order valence-electron chi connectivity index (χ1n) is 7.07. The maximum absolute atomic E-state index is 13.4. The van der Waals surface area contributed by atoms with Crippen molar-refractivity contribution in [2.45, 2.75) is 37.3 Å². The average molecular weight is 316 g/mol. The quantitative estimate of drug-likeness (QED) is 0.831. The fourth-order valence-corrected chi connectivity index (χ4v) is 3.70. The predicted octanol–water partition coefficient (Wildman–Crippen LogP) is 1.38. The number of hydrogen-bond donors (Lipinski definition) is 2. The number of rotatable bonds is 6. The lowest BCUT2D eigenvalue weighted by Crippen LogP contribution is -2.32. The first kappa shape index (κ1) is 16.4. The molecule has 1 aliphatic rings. The number of benzene rings is 1. The standard InChI is InChI=1S/C14H21FN2O3S/c1-2-14-10(5-6-20-14)9-17-21(18,19)12-3-4-13(15)11(7-12)8-16/h3-4,7,10,14,17H,2,5-6,8-9,16H2,1H3. The van der Waals surface area contributed by atoms with E-state index in [-0.39, 0.29) is 29.0 Å². The van der Waals surface area contributed by atoms with Crippen LogP contribution in [0.15, 0.2) is 23.1 Å². The van der Waals surface area contributed by atoms with Gasteiger partial charge in [0.25, 0.3) is 0 Å². The summed E-state index contributed by atoms with van der Waals surface area (Å²) in [5.41, 5.74) is 5.59. The van der Waals surface area contributed by atoms with Crippen LogP contribution in [0, 0.1) is 11.7 Å². The fraction of sp³-hybridized carbons (Fsp3) is 0.571. The third kappa shape index (κ3) is 3.79. The monoisotopic (exact) mass is 316 g/mol. The number of ether oxygens (including phenoxy) is 1. The molecule has 21 heavy (non-hydrogen) atoms. The SMILES string of the molecule is CCC1OCCC1CNS(=O)(=O)c1ccc(F)c(CN)c1. The Kier molecular flexibility index (Phi) is 5.32. The fourth-order valence-electron chi connectivity index (χ4n) is 2.55. The second-order valence-corrected chi connectivity index (χ2v) is 6.94. The number of halogens is 1. The van der Waals surface area contributed by atoms with Gasteiger partial charge in [0.05, 0.1) is 11.0 Å². The van der Waals surface area contributed by atoms with Gasteiger partial charge in [-0.25, -0.2) is 17.5 Å². The van der Waals surface area contributed by atoms with Crippen LogP contribution in [0.25, 0.3) is 0 Å². The van der Waals surface area contributed by atoms with Crippen LogP contribution in [0.1, 0.15) is 25.3 Å². The third-order valence-electron chi connectivity index (χ3n) is 3.83.